The smallest absolute Gasteiger partial charge is 0.239 e. The van der Waals surface area contributed by atoms with Crippen molar-refractivity contribution in [2.45, 2.75) is 32.6 Å². The number of carbonyl (C=O) groups excluding carboxylic acids is 1. The Kier molecular flexibility index (Phi) is 6.79. The summed E-state index contributed by atoms with van der Waals surface area (Å²) < 4.78 is 20.8. The van der Waals surface area contributed by atoms with Crippen LogP contribution in [0.1, 0.15) is 41.5 Å². The summed E-state index contributed by atoms with van der Waals surface area (Å²) in [5, 5.41) is 16.8. The average molecular weight is 500 g/mol. The van der Waals surface area contributed by atoms with Crippen molar-refractivity contribution in [2.75, 3.05) is 25.0 Å². The number of nitriles is 1. The van der Waals surface area contributed by atoms with Crippen molar-refractivity contribution in [1.82, 2.24) is 24.6 Å². The van der Waals surface area contributed by atoms with Gasteiger partial charge in [0.25, 0.3) is 0 Å². The van der Waals surface area contributed by atoms with Gasteiger partial charge in [-0.05, 0) is 81.7 Å². The van der Waals surface area contributed by atoms with Gasteiger partial charge in [-0.15, -0.1) is 0 Å². The number of piperidine rings is 1. The van der Waals surface area contributed by atoms with E-state index >= 15 is 0 Å². The number of aromatic nitrogens is 4. The number of hydrogen-bond acceptors (Lipinski definition) is 7. The van der Waals surface area contributed by atoms with Crippen LogP contribution in [0.4, 0.5) is 10.2 Å². The van der Waals surface area contributed by atoms with Gasteiger partial charge in [-0.3, -0.25) is 19.2 Å². The monoisotopic (exact) mass is 499 g/mol. The Hall–Kier alpha value is -4.36. The number of halogens is 1. The molecule has 9 nitrogen and oxygen atoms in total. The summed E-state index contributed by atoms with van der Waals surface area (Å²) in [6.07, 6.45) is 3.25. The summed E-state index contributed by atoms with van der Waals surface area (Å²) in [5.41, 5.74) is 3.31. The first kappa shape index (κ1) is 24.3. The minimum atomic E-state index is -0.353. The van der Waals surface area contributed by atoms with E-state index in [0.717, 1.165) is 24.1 Å². The lowest BCUT2D eigenvalue weighted by Gasteiger charge is -2.29. The molecule has 1 aromatic carbocycles. The van der Waals surface area contributed by atoms with E-state index in [1.165, 1.54) is 12.1 Å². The van der Waals surface area contributed by atoms with E-state index in [1.807, 2.05) is 32.0 Å². The fraction of sp³-hybridized carbons (Fsp3) is 0.296. The number of anilines is 1. The van der Waals surface area contributed by atoms with Crippen LogP contribution >= 0.6 is 0 Å². The molecule has 0 aliphatic carbocycles. The van der Waals surface area contributed by atoms with Crippen molar-refractivity contribution in [3.05, 3.63) is 77.2 Å². The van der Waals surface area contributed by atoms with Crippen molar-refractivity contribution < 1.29 is 13.7 Å². The topological polar surface area (TPSA) is 113 Å². The lowest BCUT2D eigenvalue weighted by molar-refractivity contribution is -0.117. The Labute approximate surface area is 213 Å². The zero-order valence-electron chi connectivity index (χ0n) is 20.6. The second kappa shape index (κ2) is 10.3. The molecule has 1 N–H and O–H groups in total. The Morgan fingerprint density at radius 1 is 1.19 bits per heavy atom. The van der Waals surface area contributed by atoms with Gasteiger partial charge in [-0.25, -0.2) is 4.39 Å². The van der Waals surface area contributed by atoms with Crippen LogP contribution in [0.2, 0.25) is 0 Å². The molecular weight excluding hydrogens is 473 g/mol. The summed E-state index contributed by atoms with van der Waals surface area (Å²) in [7, 11) is 0. The van der Waals surface area contributed by atoms with Crippen molar-refractivity contribution in [1.29, 1.82) is 5.26 Å². The predicted molar refractivity (Wildman–Crippen MR) is 134 cm³/mol. The van der Waals surface area contributed by atoms with Crippen molar-refractivity contribution >= 4 is 11.7 Å². The van der Waals surface area contributed by atoms with E-state index in [9.17, 15) is 14.4 Å². The third-order valence-electron chi connectivity index (χ3n) is 6.81. The summed E-state index contributed by atoms with van der Waals surface area (Å²) in [6, 6.07) is 13.7. The quantitative estimate of drug-likeness (QED) is 0.419. The summed E-state index contributed by atoms with van der Waals surface area (Å²) in [6.45, 7) is 5.29. The molecule has 0 spiro atoms. The first-order valence-electron chi connectivity index (χ1n) is 12.1. The fourth-order valence-corrected chi connectivity index (χ4v) is 4.69. The third kappa shape index (κ3) is 4.99. The number of hydrogen-bond donors (Lipinski definition) is 1. The van der Waals surface area contributed by atoms with E-state index in [1.54, 1.807) is 22.9 Å². The Morgan fingerprint density at radius 2 is 1.95 bits per heavy atom. The van der Waals surface area contributed by atoms with Gasteiger partial charge in [0.15, 0.2) is 0 Å². The number of carbonyl (C=O) groups is 1. The zero-order valence-corrected chi connectivity index (χ0v) is 20.6. The summed E-state index contributed by atoms with van der Waals surface area (Å²) in [4.78, 5) is 23.9. The number of amides is 1. The number of rotatable bonds is 6. The molecule has 0 atom stereocenters. The molecule has 1 fully saturated rings. The number of benzene rings is 1. The summed E-state index contributed by atoms with van der Waals surface area (Å²) >= 11 is 0. The van der Waals surface area contributed by atoms with Crippen LogP contribution in [-0.4, -0.2) is 50.1 Å². The zero-order chi connectivity index (χ0) is 25.9. The standard InChI is InChI=1S/C27H26FN7O2/c1-17-18(2)35(21-8-6-20(28)7-9-21)26(22(17)15-29)31-24(36)16-34-13-10-19(11-14-34)27-32-25(33-37-27)23-5-3-4-12-30-23/h3-9,12,19H,10-11,13-14,16H2,1-2H3,(H,31,36). The molecule has 1 amide bonds. The molecule has 188 valence electrons. The molecule has 1 aliphatic rings. The fourth-order valence-electron chi connectivity index (χ4n) is 4.69. The molecule has 1 aliphatic heterocycles. The molecule has 3 aromatic heterocycles. The molecule has 0 bridgehead atoms. The van der Waals surface area contributed by atoms with Crippen LogP contribution in [0, 0.1) is 31.0 Å². The van der Waals surface area contributed by atoms with Crippen molar-refractivity contribution in [2.24, 2.45) is 0 Å². The van der Waals surface area contributed by atoms with Crippen LogP contribution < -0.4 is 5.32 Å². The van der Waals surface area contributed by atoms with E-state index in [4.69, 9.17) is 4.52 Å². The van der Waals surface area contributed by atoms with Crippen LogP contribution in [-0.2, 0) is 4.79 Å². The molecular formula is C27H26FN7O2. The first-order valence-corrected chi connectivity index (χ1v) is 12.1. The van der Waals surface area contributed by atoms with E-state index < -0.39 is 0 Å². The van der Waals surface area contributed by atoms with Gasteiger partial charge in [0, 0.05) is 23.5 Å². The van der Waals surface area contributed by atoms with Gasteiger partial charge in [-0.1, -0.05) is 11.2 Å². The van der Waals surface area contributed by atoms with Gasteiger partial charge in [0.05, 0.1) is 12.1 Å². The number of nitrogens with zero attached hydrogens (tertiary/aromatic N) is 6. The maximum Gasteiger partial charge on any atom is 0.239 e. The van der Waals surface area contributed by atoms with Gasteiger partial charge >= 0.3 is 0 Å². The largest absolute Gasteiger partial charge is 0.339 e. The lowest BCUT2D eigenvalue weighted by atomic mass is 9.97. The molecule has 37 heavy (non-hydrogen) atoms. The van der Waals surface area contributed by atoms with Gasteiger partial charge in [0.1, 0.15) is 23.4 Å². The molecule has 1 saturated heterocycles. The highest BCUT2D eigenvalue weighted by Gasteiger charge is 2.27. The van der Waals surface area contributed by atoms with E-state index in [2.05, 4.69) is 31.4 Å². The molecule has 5 rings (SSSR count). The number of likely N-dealkylation sites (tertiary alicyclic amines) is 1. The number of nitrogens with one attached hydrogen (secondary N) is 1. The first-order chi connectivity index (χ1) is 17.9. The second-order valence-electron chi connectivity index (χ2n) is 9.13. The third-order valence-corrected chi connectivity index (χ3v) is 6.81. The molecule has 10 heteroatoms. The van der Waals surface area contributed by atoms with E-state index in [-0.39, 0.29) is 24.2 Å². The SMILES string of the molecule is Cc1c(C#N)c(NC(=O)CN2CCC(c3nc(-c4ccccn4)no3)CC2)n(-c2ccc(F)cc2)c1C. The van der Waals surface area contributed by atoms with Crippen LogP contribution in [0.5, 0.6) is 0 Å². The van der Waals surface area contributed by atoms with Gasteiger partial charge in [-0.2, -0.15) is 10.2 Å². The second-order valence-corrected chi connectivity index (χ2v) is 9.13. The molecule has 0 radical (unpaired) electrons. The van der Waals surface area contributed by atoms with Crippen LogP contribution in [0.25, 0.3) is 17.2 Å². The normalized spacial score (nSPS) is 14.4. The highest BCUT2D eigenvalue weighted by molar-refractivity contribution is 5.93. The Morgan fingerprint density at radius 3 is 2.62 bits per heavy atom. The highest BCUT2D eigenvalue weighted by Crippen LogP contribution is 2.31. The van der Waals surface area contributed by atoms with Crippen molar-refractivity contribution in [3.8, 4) is 23.3 Å². The van der Waals surface area contributed by atoms with E-state index in [0.29, 0.717) is 47.6 Å². The number of pyridine rings is 1. The average Bonchev–Trinajstić information content (AvgIpc) is 3.49. The Bertz CT molecular complexity index is 1450. The maximum atomic E-state index is 13.5. The Balaban J connectivity index is 1.24. The molecule has 0 saturated carbocycles. The highest BCUT2D eigenvalue weighted by atomic mass is 19.1. The van der Waals surface area contributed by atoms with Crippen molar-refractivity contribution in [3.63, 3.8) is 0 Å². The van der Waals surface area contributed by atoms with Gasteiger partial charge in [0.2, 0.25) is 17.6 Å². The predicted octanol–water partition coefficient (Wildman–Crippen LogP) is 4.37. The lowest BCUT2D eigenvalue weighted by Crippen LogP contribution is -2.39. The molecule has 4 heterocycles. The van der Waals surface area contributed by atoms with Gasteiger partial charge < -0.3 is 9.84 Å². The minimum Gasteiger partial charge on any atom is -0.339 e. The minimum absolute atomic E-state index is 0.121. The summed E-state index contributed by atoms with van der Waals surface area (Å²) in [5.74, 6) is 1.01. The maximum absolute atomic E-state index is 13.5. The van der Waals surface area contributed by atoms with Crippen LogP contribution in [0.3, 0.4) is 0 Å². The van der Waals surface area contributed by atoms with Crippen LogP contribution in [0.15, 0.2) is 53.2 Å². The molecule has 4 aromatic rings. The molecule has 0 unspecified atom stereocenters.